The number of anilines is 1. The van der Waals surface area contributed by atoms with Gasteiger partial charge in [-0.25, -0.2) is 0 Å². The molecule has 2 amide bonds. The van der Waals surface area contributed by atoms with Crippen LogP contribution in [0.3, 0.4) is 0 Å². The summed E-state index contributed by atoms with van der Waals surface area (Å²) in [6, 6.07) is 17.5. The second-order valence-electron chi connectivity index (χ2n) is 6.88. The Kier molecular flexibility index (Phi) is 8.65. The third-order valence-corrected chi connectivity index (χ3v) is 4.29. The maximum Gasteiger partial charge on any atom is 0.238 e. The normalized spacial score (nSPS) is 10.7. The van der Waals surface area contributed by atoms with Crippen LogP contribution in [0.4, 0.5) is 5.69 Å². The summed E-state index contributed by atoms with van der Waals surface area (Å²) in [6.45, 7) is 3.80. The van der Waals surface area contributed by atoms with Crippen molar-refractivity contribution < 1.29 is 14.3 Å². The zero-order valence-corrected chi connectivity index (χ0v) is 16.9. The molecule has 2 rings (SSSR count). The van der Waals surface area contributed by atoms with Gasteiger partial charge in [0.15, 0.2) is 0 Å². The number of carbonyl (C=O) groups is 2. The fourth-order valence-electron chi connectivity index (χ4n) is 2.77. The number of benzene rings is 2. The van der Waals surface area contributed by atoms with Crippen molar-refractivity contribution in [3.63, 3.8) is 0 Å². The number of hydrogen-bond acceptors (Lipinski definition) is 4. The number of likely N-dealkylation sites (N-methyl/N-ethyl adjacent to an activating group) is 1. The van der Waals surface area contributed by atoms with E-state index in [-0.39, 0.29) is 24.9 Å². The smallest absolute Gasteiger partial charge is 0.238 e. The molecular formula is C22H29N3O3. The van der Waals surface area contributed by atoms with Gasteiger partial charge in [-0.15, -0.1) is 0 Å². The zero-order chi connectivity index (χ0) is 20.4. The van der Waals surface area contributed by atoms with Crippen molar-refractivity contribution in [3.8, 4) is 0 Å². The van der Waals surface area contributed by atoms with Gasteiger partial charge in [-0.3, -0.25) is 14.5 Å². The molecule has 0 aliphatic rings. The van der Waals surface area contributed by atoms with Crippen LogP contribution in [0.1, 0.15) is 11.1 Å². The van der Waals surface area contributed by atoms with Gasteiger partial charge in [0, 0.05) is 25.9 Å². The molecular weight excluding hydrogens is 354 g/mol. The Hall–Kier alpha value is -2.70. The van der Waals surface area contributed by atoms with Crippen molar-refractivity contribution in [1.29, 1.82) is 0 Å². The molecule has 0 aliphatic carbocycles. The second kappa shape index (κ2) is 11.2. The van der Waals surface area contributed by atoms with Crippen LogP contribution < -0.4 is 5.32 Å². The lowest BCUT2D eigenvalue weighted by molar-refractivity contribution is -0.133. The average molecular weight is 383 g/mol. The highest BCUT2D eigenvalue weighted by atomic mass is 16.5. The molecule has 6 heteroatoms. The average Bonchev–Trinajstić information content (AvgIpc) is 2.67. The van der Waals surface area contributed by atoms with E-state index in [1.807, 2.05) is 61.5 Å². The summed E-state index contributed by atoms with van der Waals surface area (Å²) in [5.41, 5.74) is 2.95. The molecule has 0 saturated carbocycles. The van der Waals surface area contributed by atoms with Crippen LogP contribution in [0, 0.1) is 6.92 Å². The van der Waals surface area contributed by atoms with Crippen molar-refractivity contribution in [2.45, 2.75) is 13.5 Å². The molecule has 150 valence electrons. The van der Waals surface area contributed by atoms with Crippen LogP contribution in [0.25, 0.3) is 0 Å². The molecule has 6 nitrogen and oxygen atoms in total. The Balaban J connectivity index is 1.87. The predicted octanol–water partition coefficient (Wildman–Crippen LogP) is 2.54. The largest absolute Gasteiger partial charge is 0.383 e. The Morgan fingerprint density at radius 3 is 2.32 bits per heavy atom. The molecule has 2 aromatic rings. The van der Waals surface area contributed by atoms with Crippen LogP contribution >= 0.6 is 0 Å². The number of nitrogens with zero attached hydrogens (tertiary/aromatic N) is 2. The Morgan fingerprint density at radius 1 is 1.00 bits per heavy atom. The van der Waals surface area contributed by atoms with Gasteiger partial charge in [-0.1, -0.05) is 48.0 Å². The molecule has 0 heterocycles. The van der Waals surface area contributed by atoms with E-state index in [1.54, 1.807) is 24.0 Å². The highest BCUT2D eigenvalue weighted by molar-refractivity contribution is 5.92. The van der Waals surface area contributed by atoms with Crippen molar-refractivity contribution in [3.05, 3.63) is 65.7 Å². The van der Waals surface area contributed by atoms with Gasteiger partial charge in [-0.05, 0) is 31.7 Å². The fourth-order valence-corrected chi connectivity index (χ4v) is 2.77. The number of ether oxygens (including phenoxy) is 1. The van der Waals surface area contributed by atoms with E-state index in [4.69, 9.17) is 4.74 Å². The predicted molar refractivity (Wildman–Crippen MR) is 111 cm³/mol. The molecule has 1 N–H and O–H groups in total. The van der Waals surface area contributed by atoms with E-state index in [0.717, 1.165) is 16.8 Å². The molecule has 0 fully saturated rings. The summed E-state index contributed by atoms with van der Waals surface area (Å²) in [5.74, 6) is -0.183. The minimum atomic E-state index is -0.148. The first-order valence-electron chi connectivity index (χ1n) is 9.33. The summed E-state index contributed by atoms with van der Waals surface area (Å²) in [4.78, 5) is 28.4. The van der Waals surface area contributed by atoms with E-state index in [1.165, 1.54) is 0 Å². The minimum absolute atomic E-state index is 0.0356. The molecule has 0 radical (unpaired) electrons. The van der Waals surface area contributed by atoms with Crippen LogP contribution in [0.15, 0.2) is 54.6 Å². The monoisotopic (exact) mass is 383 g/mol. The molecule has 2 aromatic carbocycles. The molecule has 0 unspecified atom stereocenters. The van der Waals surface area contributed by atoms with Crippen molar-refractivity contribution >= 4 is 17.5 Å². The van der Waals surface area contributed by atoms with Gasteiger partial charge in [0.2, 0.25) is 11.8 Å². The number of amides is 2. The molecule has 0 aliphatic heterocycles. The topological polar surface area (TPSA) is 61.9 Å². The Bertz CT molecular complexity index is 747. The maximum atomic E-state index is 12.7. The van der Waals surface area contributed by atoms with Gasteiger partial charge in [0.1, 0.15) is 0 Å². The lowest BCUT2D eigenvalue weighted by atomic mass is 10.2. The Morgan fingerprint density at radius 2 is 1.68 bits per heavy atom. The first kappa shape index (κ1) is 21.6. The highest BCUT2D eigenvalue weighted by Gasteiger charge is 2.17. The van der Waals surface area contributed by atoms with Crippen molar-refractivity contribution in [2.75, 3.05) is 45.7 Å². The molecule has 0 spiro atoms. The molecule has 0 atom stereocenters. The van der Waals surface area contributed by atoms with Gasteiger partial charge in [0.05, 0.1) is 19.7 Å². The first-order valence-corrected chi connectivity index (χ1v) is 9.33. The van der Waals surface area contributed by atoms with E-state index in [9.17, 15) is 9.59 Å². The minimum Gasteiger partial charge on any atom is -0.383 e. The molecule has 28 heavy (non-hydrogen) atoms. The lowest BCUT2D eigenvalue weighted by Crippen LogP contribution is -2.42. The van der Waals surface area contributed by atoms with Gasteiger partial charge >= 0.3 is 0 Å². The van der Waals surface area contributed by atoms with Gasteiger partial charge in [0.25, 0.3) is 0 Å². The molecule has 0 aromatic heterocycles. The zero-order valence-electron chi connectivity index (χ0n) is 16.9. The van der Waals surface area contributed by atoms with Crippen molar-refractivity contribution in [1.82, 2.24) is 9.80 Å². The van der Waals surface area contributed by atoms with Crippen LogP contribution in [0.5, 0.6) is 0 Å². The first-order chi connectivity index (χ1) is 13.5. The number of nitrogens with one attached hydrogen (secondary N) is 1. The van der Waals surface area contributed by atoms with Gasteiger partial charge in [-0.2, -0.15) is 0 Å². The van der Waals surface area contributed by atoms with E-state index < -0.39 is 0 Å². The van der Waals surface area contributed by atoms with Crippen LogP contribution in [-0.2, 0) is 20.9 Å². The van der Waals surface area contributed by atoms with Gasteiger partial charge < -0.3 is 15.0 Å². The summed E-state index contributed by atoms with van der Waals surface area (Å²) in [6.07, 6.45) is 0. The summed E-state index contributed by atoms with van der Waals surface area (Å²) >= 11 is 0. The lowest BCUT2D eigenvalue weighted by Gasteiger charge is -2.25. The second-order valence-corrected chi connectivity index (χ2v) is 6.88. The van der Waals surface area contributed by atoms with E-state index >= 15 is 0 Å². The highest BCUT2D eigenvalue weighted by Crippen LogP contribution is 2.09. The summed E-state index contributed by atoms with van der Waals surface area (Å²) in [7, 11) is 3.39. The summed E-state index contributed by atoms with van der Waals surface area (Å²) < 4.78 is 5.13. The third-order valence-electron chi connectivity index (χ3n) is 4.29. The standard InChI is InChI=1S/C22H29N3O3/c1-18-9-11-20(12-10-18)23-21(26)16-24(2)17-22(27)25(13-14-28-3)15-19-7-5-4-6-8-19/h4-12H,13-17H2,1-3H3,(H,23,26). The number of aryl methyl sites for hydroxylation is 1. The number of hydrogen-bond donors (Lipinski definition) is 1. The number of rotatable bonds is 10. The molecule has 0 bridgehead atoms. The number of methoxy groups -OCH3 is 1. The fraction of sp³-hybridized carbons (Fsp3) is 0.364. The number of carbonyl (C=O) groups excluding carboxylic acids is 2. The van der Waals surface area contributed by atoms with E-state index in [2.05, 4.69) is 5.32 Å². The van der Waals surface area contributed by atoms with Crippen LogP contribution in [-0.4, -0.2) is 62.0 Å². The quantitative estimate of drug-likeness (QED) is 0.685. The SMILES string of the molecule is COCCN(Cc1ccccc1)C(=O)CN(C)CC(=O)Nc1ccc(C)cc1. The van der Waals surface area contributed by atoms with Crippen molar-refractivity contribution in [2.24, 2.45) is 0 Å². The Labute approximate surface area is 167 Å². The maximum absolute atomic E-state index is 12.7. The van der Waals surface area contributed by atoms with Crippen LogP contribution in [0.2, 0.25) is 0 Å². The summed E-state index contributed by atoms with van der Waals surface area (Å²) in [5, 5.41) is 2.85. The van der Waals surface area contributed by atoms with E-state index in [0.29, 0.717) is 19.7 Å². The molecule has 0 saturated heterocycles. The third kappa shape index (κ3) is 7.50.